The first-order valence-electron chi connectivity index (χ1n) is 8.37. The average Bonchev–Trinajstić information content (AvgIpc) is 2.53. The molecule has 1 aromatic rings. The lowest BCUT2D eigenvalue weighted by molar-refractivity contribution is 0.0945. The molecule has 0 bridgehead atoms. The molecule has 1 atom stereocenters. The Hall–Kier alpha value is -0.940. The van der Waals surface area contributed by atoms with Gasteiger partial charge in [-0.2, -0.15) is 0 Å². The largest absolute Gasteiger partial charge is 0.388 e. The van der Waals surface area contributed by atoms with Crippen molar-refractivity contribution >= 4 is 0 Å². The van der Waals surface area contributed by atoms with Gasteiger partial charge in [-0.1, -0.05) is 45.0 Å². The van der Waals surface area contributed by atoms with Gasteiger partial charge in [-0.25, -0.2) is 0 Å². The number of ether oxygens (including phenoxy) is 2. The molecular weight excluding hydrogens is 290 g/mol. The fourth-order valence-electron chi connectivity index (χ4n) is 2.45. The molecule has 0 aliphatic rings. The van der Waals surface area contributed by atoms with Gasteiger partial charge in [0.15, 0.2) is 0 Å². The van der Waals surface area contributed by atoms with Crippen LogP contribution in [-0.2, 0) is 14.9 Å². The van der Waals surface area contributed by atoms with Crippen LogP contribution in [0.5, 0.6) is 0 Å². The molecule has 0 aliphatic heterocycles. The summed E-state index contributed by atoms with van der Waals surface area (Å²) in [6.45, 7) is 10.5. The summed E-state index contributed by atoms with van der Waals surface area (Å²) in [5, 5.41) is 10.4. The summed E-state index contributed by atoms with van der Waals surface area (Å²) in [5.41, 5.74) is 2.41. The van der Waals surface area contributed by atoms with Crippen LogP contribution in [0.3, 0.4) is 0 Å². The monoisotopic (exact) mass is 323 g/mol. The van der Waals surface area contributed by atoms with Crippen LogP contribution in [0, 0.1) is 0 Å². The fraction of sp³-hybridized carbons (Fsp3) is 0.684. The molecule has 1 N–H and O–H groups in total. The van der Waals surface area contributed by atoms with E-state index >= 15 is 0 Å². The zero-order valence-corrected chi connectivity index (χ0v) is 15.3. The van der Waals surface area contributed by atoms with Crippen LogP contribution in [0.2, 0.25) is 0 Å². The third kappa shape index (κ3) is 7.44. The van der Waals surface area contributed by atoms with E-state index in [0.717, 1.165) is 25.2 Å². The number of hydrogen-bond acceptors (Lipinski definition) is 4. The highest BCUT2D eigenvalue weighted by molar-refractivity contribution is 5.28. The Balaban J connectivity index is 2.54. The Labute approximate surface area is 141 Å². The van der Waals surface area contributed by atoms with E-state index in [1.807, 2.05) is 12.1 Å². The lowest BCUT2D eigenvalue weighted by Crippen LogP contribution is -2.32. The van der Waals surface area contributed by atoms with Crippen LogP contribution in [-0.4, -0.2) is 57.1 Å². The molecule has 4 heteroatoms. The summed E-state index contributed by atoms with van der Waals surface area (Å²) in [5.74, 6) is 0. The smallest absolute Gasteiger partial charge is 0.0802 e. The maximum absolute atomic E-state index is 10.4. The molecule has 0 aliphatic carbocycles. The fourth-order valence-corrected chi connectivity index (χ4v) is 2.45. The lowest BCUT2D eigenvalue weighted by Gasteiger charge is -2.23. The van der Waals surface area contributed by atoms with E-state index in [1.54, 1.807) is 14.2 Å². The normalized spacial score (nSPS) is 13.5. The van der Waals surface area contributed by atoms with E-state index in [-0.39, 0.29) is 5.41 Å². The van der Waals surface area contributed by atoms with Crippen molar-refractivity contribution < 1.29 is 14.6 Å². The number of methoxy groups -OCH3 is 2. The Morgan fingerprint density at radius 1 is 0.957 bits per heavy atom. The second kappa shape index (κ2) is 10.0. The van der Waals surface area contributed by atoms with Gasteiger partial charge in [0.2, 0.25) is 0 Å². The molecule has 0 saturated heterocycles. The van der Waals surface area contributed by atoms with Gasteiger partial charge in [-0.05, 0) is 23.0 Å². The third-order valence-electron chi connectivity index (χ3n) is 4.10. The van der Waals surface area contributed by atoms with Gasteiger partial charge in [0, 0.05) is 33.9 Å². The van der Waals surface area contributed by atoms with Gasteiger partial charge >= 0.3 is 0 Å². The lowest BCUT2D eigenvalue weighted by atomic mass is 9.86. The predicted molar refractivity (Wildman–Crippen MR) is 94.9 cm³/mol. The molecule has 0 saturated carbocycles. The van der Waals surface area contributed by atoms with Crippen molar-refractivity contribution in [2.45, 2.75) is 38.7 Å². The van der Waals surface area contributed by atoms with Gasteiger partial charge in [0.05, 0.1) is 19.3 Å². The van der Waals surface area contributed by atoms with Crippen molar-refractivity contribution in [2.75, 3.05) is 47.1 Å². The molecule has 0 fully saturated rings. The Bertz CT molecular complexity index is 417. The van der Waals surface area contributed by atoms with Crippen LogP contribution in [0.1, 0.15) is 44.4 Å². The molecule has 4 nitrogen and oxygen atoms in total. The number of rotatable bonds is 10. The van der Waals surface area contributed by atoms with Crippen molar-refractivity contribution in [1.29, 1.82) is 0 Å². The Morgan fingerprint density at radius 3 is 1.91 bits per heavy atom. The molecule has 0 aromatic heterocycles. The van der Waals surface area contributed by atoms with E-state index in [2.05, 4.69) is 37.8 Å². The van der Waals surface area contributed by atoms with Crippen molar-refractivity contribution in [3.63, 3.8) is 0 Å². The number of aliphatic hydroxyl groups excluding tert-OH is 1. The third-order valence-corrected chi connectivity index (χ3v) is 4.10. The predicted octanol–water partition coefficient (Wildman–Crippen LogP) is 3.00. The molecule has 0 spiro atoms. The number of hydrogen-bond donors (Lipinski definition) is 1. The summed E-state index contributed by atoms with van der Waals surface area (Å²) in [6.07, 6.45) is 0.277. The minimum atomic E-state index is -0.434. The van der Waals surface area contributed by atoms with Crippen LogP contribution in [0.15, 0.2) is 24.3 Å². The van der Waals surface area contributed by atoms with Crippen molar-refractivity contribution in [3.05, 3.63) is 35.4 Å². The Morgan fingerprint density at radius 2 is 1.48 bits per heavy atom. The summed E-state index contributed by atoms with van der Waals surface area (Å²) in [7, 11) is 3.42. The standard InChI is InChI=1S/C19H33NO3/c1-19(2,3)17-8-6-16(7-9-17)18(21)10-11-20(12-14-22-4)13-15-23-5/h6-9,18,21H,10-15H2,1-5H3. The van der Waals surface area contributed by atoms with Gasteiger partial charge in [0.25, 0.3) is 0 Å². The molecule has 0 radical (unpaired) electrons. The van der Waals surface area contributed by atoms with Gasteiger partial charge in [0.1, 0.15) is 0 Å². The maximum atomic E-state index is 10.4. The van der Waals surface area contributed by atoms with Crippen LogP contribution >= 0.6 is 0 Å². The first-order chi connectivity index (χ1) is 10.9. The highest BCUT2D eigenvalue weighted by atomic mass is 16.5. The molecule has 132 valence electrons. The van der Waals surface area contributed by atoms with Gasteiger partial charge < -0.3 is 14.6 Å². The van der Waals surface area contributed by atoms with Crippen molar-refractivity contribution in [1.82, 2.24) is 4.90 Å². The average molecular weight is 323 g/mol. The maximum Gasteiger partial charge on any atom is 0.0802 e. The van der Waals surface area contributed by atoms with Crippen LogP contribution < -0.4 is 0 Å². The summed E-state index contributed by atoms with van der Waals surface area (Å²) in [6, 6.07) is 8.32. The number of benzene rings is 1. The molecule has 1 unspecified atom stereocenters. The molecule has 0 heterocycles. The first kappa shape index (κ1) is 20.1. The molecule has 1 rings (SSSR count). The second-order valence-electron chi connectivity index (χ2n) is 7.00. The van der Waals surface area contributed by atoms with E-state index in [9.17, 15) is 5.11 Å². The SMILES string of the molecule is COCCN(CCOC)CCC(O)c1ccc(C(C)(C)C)cc1. The van der Waals surface area contributed by atoms with E-state index in [1.165, 1.54) is 5.56 Å². The van der Waals surface area contributed by atoms with Crippen molar-refractivity contribution in [3.8, 4) is 0 Å². The summed E-state index contributed by atoms with van der Waals surface area (Å²) >= 11 is 0. The highest BCUT2D eigenvalue weighted by Crippen LogP contribution is 2.25. The highest BCUT2D eigenvalue weighted by Gasteiger charge is 2.15. The van der Waals surface area contributed by atoms with Crippen molar-refractivity contribution in [2.24, 2.45) is 0 Å². The minimum Gasteiger partial charge on any atom is -0.388 e. The molecular formula is C19H33NO3. The van der Waals surface area contributed by atoms with E-state index in [4.69, 9.17) is 9.47 Å². The van der Waals surface area contributed by atoms with E-state index in [0.29, 0.717) is 19.6 Å². The second-order valence-corrected chi connectivity index (χ2v) is 7.00. The zero-order valence-electron chi connectivity index (χ0n) is 15.3. The summed E-state index contributed by atoms with van der Waals surface area (Å²) < 4.78 is 10.3. The first-order valence-corrected chi connectivity index (χ1v) is 8.37. The molecule has 0 amide bonds. The van der Waals surface area contributed by atoms with Gasteiger partial charge in [-0.3, -0.25) is 4.90 Å². The van der Waals surface area contributed by atoms with E-state index < -0.39 is 6.10 Å². The topological polar surface area (TPSA) is 41.9 Å². The molecule has 1 aromatic carbocycles. The van der Waals surface area contributed by atoms with Crippen LogP contribution in [0.25, 0.3) is 0 Å². The zero-order chi connectivity index (χ0) is 17.3. The van der Waals surface area contributed by atoms with Gasteiger partial charge in [-0.15, -0.1) is 0 Å². The quantitative estimate of drug-likeness (QED) is 0.719. The minimum absolute atomic E-state index is 0.139. The van der Waals surface area contributed by atoms with Crippen LogP contribution in [0.4, 0.5) is 0 Å². The Kier molecular flexibility index (Phi) is 8.77. The number of nitrogens with zero attached hydrogens (tertiary/aromatic N) is 1. The number of aliphatic hydroxyl groups is 1. The molecule has 23 heavy (non-hydrogen) atoms. The summed E-state index contributed by atoms with van der Waals surface area (Å²) in [4.78, 5) is 2.26.